The lowest BCUT2D eigenvalue weighted by molar-refractivity contribution is 1.08. The second kappa shape index (κ2) is 5.73. The highest BCUT2D eigenvalue weighted by Crippen LogP contribution is 2.28. The van der Waals surface area contributed by atoms with Gasteiger partial charge in [0.1, 0.15) is 0 Å². The molecule has 3 rings (SSSR count). The van der Waals surface area contributed by atoms with Gasteiger partial charge in [-0.15, -0.1) is 0 Å². The van der Waals surface area contributed by atoms with Gasteiger partial charge in [-0.2, -0.15) is 4.99 Å². The first kappa shape index (κ1) is 13.9. The summed E-state index contributed by atoms with van der Waals surface area (Å²) >= 11 is 0. The van der Waals surface area contributed by atoms with E-state index in [9.17, 15) is 0 Å². The lowest BCUT2D eigenvalue weighted by Gasteiger charge is -2.09. The van der Waals surface area contributed by atoms with Crippen LogP contribution in [0.4, 0.5) is 0 Å². The molecule has 0 aliphatic carbocycles. The van der Waals surface area contributed by atoms with E-state index in [4.69, 9.17) is 17.2 Å². The number of hydrogen-bond donors (Lipinski definition) is 3. The van der Waals surface area contributed by atoms with Crippen LogP contribution in [0.1, 0.15) is 5.56 Å². The Hall–Kier alpha value is -3.08. The third-order valence-electron chi connectivity index (χ3n) is 3.53. The Bertz CT molecular complexity index is 838. The van der Waals surface area contributed by atoms with Crippen molar-refractivity contribution in [2.45, 2.75) is 6.54 Å². The van der Waals surface area contributed by atoms with Gasteiger partial charge < -0.3 is 17.2 Å². The summed E-state index contributed by atoms with van der Waals surface area (Å²) in [7, 11) is 0. The molecule has 0 aliphatic heterocycles. The molecule has 5 heteroatoms. The first-order chi connectivity index (χ1) is 10.6. The monoisotopic (exact) mass is 291 g/mol. The predicted molar refractivity (Wildman–Crippen MR) is 92.6 cm³/mol. The van der Waals surface area contributed by atoms with Crippen LogP contribution in [-0.4, -0.2) is 11.9 Å². The maximum Gasteiger partial charge on any atom is 0.218 e. The van der Waals surface area contributed by atoms with Gasteiger partial charge in [0.15, 0.2) is 5.96 Å². The number of nitrogens with two attached hydrogens (primary N) is 3. The van der Waals surface area contributed by atoms with Crippen LogP contribution in [0, 0.1) is 0 Å². The number of rotatable bonds is 2. The molecule has 22 heavy (non-hydrogen) atoms. The van der Waals surface area contributed by atoms with Crippen molar-refractivity contribution in [1.82, 2.24) is 0 Å². The number of nitrogens with zero attached hydrogens (tertiary/aromatic N) is 2. The summed E-state index contributed by atoms with van der Waals surface area (Å²) in [6.07, 6.45) is 0. The standard InChI is InChI=1S/C17H17N5/c18-16(19)22-17(20)21-10-15-13-7-3-1-5-11(13)9-12-6-2-4-8-14(12)15/h1-9H,10H2,(H6,18,19,20,21,22). The van der Waals surface area contributed by atoms with Crippen LogP contribution in [0.5, 0.6) is 0 Å². The third-order valence-corrected chi connectivity index (χ3v) is 3.53. The molecule has 0 aliphatic rings. The van der Waals surface area contributed by atoms with Crippen molar-refractivity contribution in [3.63, 3.8) is 0 Å². The fourth-order valence-electron chi connectivity index (χ4n) is 2.61. The molecular formula is C17H17N5. The van der Waals surface area contributed by atoms with Gasteiger partial charge >= 0.3 is 0 Å². The van der Waals surface area contributed by atoms with Crippen molar-refractivity contribution in [1.29, 1.82) is 0 Å². The van der Waals surface area contributed by atoms with E-state index in [0.29, 0.717) is 6.54 Å². The number of hydrogen-bond acceptors (Lipinski definition) is 1. The molecule has 0 fully saturated rings. The first-order valence-electron chi connectivity index (χ1n) is 6.94. The van der Waals surface area contributed by atoms with Crippen LogP contribution in [0.15, 0.2) is 64.6 Å². The van der Waals surface area contributed by atoms with E-state index >= 15 is 0 Å². The highest BCUT2D eigenvalue weighted by molar-refractivity contribution is 6.02. The van der Waals surface area contributed by atoms with Gasteiger partial charge in [-0.05, 0) is 33.2 Å². The average molecular weight is 291 g/mol. The topological polar surface area (TPSA) is 103 Å². The number of guanidine groups is 2. The summed E-state index contributed by atoms with van der Waals surface area (Å²) in [6.45, 7) is 0.421. The zero-order valence-corrected chi connectivity index (χ0v) is 12.0. The molecule has 0 radical (unpaired) electrons. The Morgan fingerprint density at radius 2 is 1.36 bits per heavy atom. The van der Waals surface area contributed by atoms with Crippen molar-refractivity contribution < 1.29 is 0 Å². The summed E-state index contributed by atoms with van der Waals surface area (Å²) in [4.78, 5) is 8.03. The van der Waals surface area contributed by atoms with Crippen LogP contribution in [0.2, 0.25) is 0 Å². The van der Waals surface area contributed by atoms with Crippen molar-refractivity contribution in [3.8, 4) is 0 Å². The Labute approximate surface area is 128 Å². The molecule has 0 aromatic heterocycles. The summed E-state index contributed by atoms with van der Waals surface area (Å²) in [6, 6.07) is 18.6. The maximum absolute atomic E-state index is 5.71. The van der Waals surface area contributed by atoms with Gasteiger partial charge in [-0.1, -0.05) is 48.5 Å². The summed E-state index contributed by atoms with van der Waals surface area (Å²) in [5.74, 6) is -0.0129. The highest BCUT2D eigenvalue weighted by Gasteiger charge is 2.06. The number of aliphatic imine (C=N–C) groups is 2. The molecule has 110 valence electrons. The van der Waals surface area contributed by atoms with E-state index in [1.54, 1.807) is 0 Å². The quantitative estimate of drug-likeness (QED) is 0.382. The second-order valence-corrected chi connectivity index (χ2v) is 5.01. The van der Waals surface area contributed by atoms with Gasteiger partial charge in [-0.25, -0.2) is 4.99 Å². The van der Waals surface area contributed by atoms with E-state index < -0.39 is 0 Å². The lowest BCUT2D eigenvalue weighted by atomic mass is 9.97. The second-order valence-electron chi connectivity index (χ2n) is 5.01. The minimum absolute atomic E-state index is 0.0806. The van der Waals surface area contributed by atoms with Crippen molar-refractivity contribution in [2.75, 3.05) is 0 Å². The SMILES string of the molecule is NC(N)=NC(N)=NCc1c2ccccc2cc2ccccc12. The van der Waals surface area contributed by atoms with Crippen molar-refractivity contribution >= 4 is 33.5 Å². The Kier molecular flexibility index (Phi) is 3.62. The molecule has 3 aromatic carbocycles. The molecule has 0 spiro atoms. The Morgan fingerprint density at radius 3 is 1.91 bits per heavy atom. The number of benzene rings is 3. The van der Waals surface area contributed by atoms with Gasteiger partial charge in [0, 0.05) is 0 Å². The van der Waals surface area contributed by atoms with Crippen LogP contribution >= 0.6 is 0 Å². The van der Waals surface area contributed by atoms with E-state index in [-0.39, 0.29) is 11.9 Å². The summed E-state index contributed by atoms with van der Waals surface area (Å²) in [5, 5.41) is 4.66. The van der Waals surface area contributed by atoms with Gasteiger partial charge in [0.2, 0.25) is 5.96 Å². The van der Waals surface area contributed by atoms with E-state index in [0.717, 1.165) is 16.3 Å². The van der Waals surface area contributed by atoms with Crippen LogP contribution in [-0.2, 0) is 6.54 Å². The largest absolute Gasteiger partial charge is 0.370 e. The fourth-order valence-corrected chi connectivity index (χ4v) is 2.61. The molecular weight excluding hydrogens is 274 g/mol. The molecule has 5 nitrogen and oxygen atoms in total. The van der Waals surface area contributed by atoms with Gasteiger partial charge in [-0.3, -0.25) is 0 Å². The molecule has 6 N–H and O–H groups in total. The minimum Gasteiger partial charge on any atom is -0.370 e. The number of fused-ring (bicyclic) bond motifs is 2. The van der Waals surface area contributed by atoms with Crippen LogP contribution in [0.3, 0.4) is 0 Å². The van der Waals surface area contributed by atoms with Crippen molar-refractivity contribution in [3.05, 3.63) is 60.2 Å². The first-order valence-corrected chi connectivity index (χ1v) is 6.94. The van der Waals surface area contributed by atoms with Crippen LogP contribution in [0.25, 0.3) is 21.5 Å². The highest BCUT2D eigenvalue weighted by atomic mass is 15.1. The molecule has 3 aromatic rings. The average Bonchev–Trinajstić information content (AvgIpc) is 2.50. The lowest BCUT2D eigenvalue weighted by Crippen LogP contribution is -2.26. The molecule has 0 amide bonds. The van der Waals surface area contributed by atoms with E-state index in [2.05, 4.69) is 40.3 Å². The predicted octanol–water partition coefficient (Wildman–Crippen LogP) is 2.08. The normalized spacial score (nSPS) is 11.7. The molecule has 0 saturated carbocycles. The summed E-state index contributed by atoms with van der Waals surface area (Å²) < 4.78 is 0. The molecule has 0 saturated heterocycles. The molecule has 0 unspecified atom stereocenters. The Morgan fingerprint density at radius 1 is 0.818 bits per heavy atom. The van der Waals surface area contributed by atoms with Gasteiger partial charge in [0.25, 0.3) is 0 Å². The molecule has 0 bridgehead atoms. The Balaban J connectivity index is 2.18. The third kappa shape index (κ3) is 2.69. The minimum atomic E-state index is -0.0935. The van der Waals surface area contributed by atoms with Gasteiger partial charge in [0.05, 0.1) is 6.54 Å². The smallest absolute Gasteiger partial charge is 0.218 e. The zero-order valence-electron chi connectivity index (χ0n) is 12.0. The maximum atomic E-state index is 5.71. The van der Waals surface area contributed by atoms with E-state index in [1.165, 1.54) is 10.8 Å². The molecule has 0 atom stereocenters. The van der Waals surface area contributed by atoms with E-state index in [1.807, 2.05) is 24.3 Å². The zero-order chi connectivity index (χ0) is 15.5. The fraction of sp³-hybridized carbons (Fsp3) is 0.0588. The van der Waals surface area contributed by atoms with Crippen LogP contribution < -0.4 is 17.2 Å². The summed E-state index contributed by atoms with van der Waals surface area (Å²) in [5.41, 5.74) is 17.4. The molecule has 0 heterocycles. The van der Waals surface area contributed by atoms with Crippen molar-refractivity contribution in [2.24, 2.45) is 27.2 Å².